The van der Waals surface area contributed by atoms with Crippen LogP contribution in [0.5, 0.6) is 0 Å². The second-order valence-corrected chi connectivity index (χ2v) is 6.57. The van der Waals surface area contributed by atoms with Gasteiger partial charge in [0.15, 0.2) is 0 Å². The number of carboxylic acid groups (broad SMARTS) is 2. The van der Waals surface area contributed by atoms with Gasteiger partial charge in [0.2, 0.25) is 0 Å². The van der Waals surface area contributed by atoms with E-state index in [4.69, 9.17) is 0 Å². The zero-order valence-corrected chi connectivity index (χ0v) is 14.7. The number of hydrogen-bond donors (Lipinski definition) is 2. The van der Waals surface area contributed by atoms with Gasteiger partial charge < -0.3 is 10.2 Å². The predicted molar refractivity (Wildman–Crippen MR) is 96.7 cm³/mol. The molecule has 2 aromatic rings. The molecule has 2 rings (SSSR count). The summed E-state index contributed by atoms with van der Waals surface area (Å²) in [6, 6.07) is 17.2. The molecule has 2 aromatic carbocycles. The third-order valence-electron chi connectivity index (χ3n) is 5.00. The van der Waals surface area contributed by atoms with Crippen LogP contribution >= 0.6 is 0 Å². The maximum absolute atomic E-state index is 12.0. The third-order valence-corrected chi connectivity index (χ3v) is 5.00. The Morgan fingerprint density at radius 3 is 1.92 bits per heavy atom. The molecule has 0 bridgehead atoms. The summed E-state index contributed by atoms with van der Waals surface area (Å²) >= 11 is 0. The fourth-order valence-electron chi connectivity index (χ4n) is 3.61. The Labute approximate surface area is 148 Å². The van der Waals surface area contributed by atoms with E-state index in [0.717, 1.165) is 16.7 Å². The summed E-state index contributed by atoms with van der Waals surface area (Å²) in [6.07, 6.45) is 0. The highest BCUT2D eigenvalue weighted by Gasteiger charge is 2.40. The largest absolute Gasteiger partial charge is 0.481 e. The van der Waals surface area contributed by atoms with Crippen molar-refractivity contribution in [3.05, 3.63) is 71.3 Å². The van der Waals surface area contributed by atoms with Crippen LogP contribution in [0, 0.1) is 18.8 Å². The molecule has 0 heterocycles. The first-order valence-electron chi connectivity index (χ1n) is 8.40. The van der Waals surface area contributed by atoms with E-state index in [9.17, 15) is 19.8 Å². The van der Waals surface area contributed by atoms with Crippen LogP contribution < -0.4 is 0 Å². The van der Waals surface area contributed by atoms with Crippen molar-refractivity contribution in [2.24, 2.45) is 11.8 Å². The van der Waals surface area contributed by atoms with Gasteiger partial charge in [0.1, 0.15) is 0 Å². The molecule has 4 heteroatoms. The normalized spacial score (nSPS) is 15.8. The SMILES string of the molecule is Cc1ccccc1C(C)C(c1ccccc1)C(C(=O)O)C(C)C(=O)O. The maximum Gasteiger partial charge on any atom is 0.308 e. The van der Waals surface area contributed by atoms with Gasteiger partial charge in [-0.05, 0) is 29.5 Å². The number of aryl methyl sites for hydroxylation is 1. The third kappa shape index (κ3) is 4.08. The van der Waals surface area contributed by atoms with Crippen molar-refractivity contribution >= 4 is 11.9 Å². The number of rotatable bonds is 7. The first-order valence-corrected chi connectivity index (χ1v) is 8.40. The van der Waals surface area contributed by atoms with Crippen LogP contribution in [-0.4, -0.2) is 22.2 Å². The van der Waals surface area contributed by atoms with Gasteiger partial charge in [0.05, 0.1) is 11.8 Å². The maximum atomic E-state index is 12.0. The fraction of sp³-hybridized carbons (Fsp3) is 0.333. The molecule has 0 aliphatic heterocycles. The van der Waals surface area contributed by atoms with Crippen LogP contribution in [0.1, 0.15) is 42.4 Å². The van der Waals surface area contributed by atoms with Crippen molar-refractivity contribution in [2.45, 2.75) is 32.6 Å². The Hall–Kier alpha value is -2.62. The fourth-order valence-corrected chi connectivity index (χ4v) is 3.61. The molecule has 0 radical (unpaired) electrons. The lowest BCUT2D eigenvalue weighted by Gasteiger charge is -2.33. The zero-order chi connectivity index (χ0) is 18.6. The van der Waals surface area contributed by atoms with Crippen LogP contribution in [0.25, 0.3) is 0 Å². The number of carbonyl (C=O) groups is 2. The summed E-state index contributed by atoms with van der Waals surface area (Å²) < 4.78 is 0. The highest BCUT2D eigenvalue weighted by Crippen LogP contribution is 2.42. The summed E-state index contributed by atoms with van der Waals surface area (Å²) in [5.41, 5.74) is 2.96. The predicted octanol–water partition coefficient (Wildman–Crippen LogP) is 4.30. The van der Waals surface area contributed by atoms with E-state index in [2.05, 4.69) is 0 Å². The molecular weight excluding hydrogens is 316 g/mol. The van der Waals surface area contributed by atoms with Crippen LogP contribution in [0.15, 0.2) is 54.6 Å². The molecule has 0 aliphatic rings. The minimum Gasteiger partial charge on any atom is -0.481 e. The van der Waals surface area contributed by atoms with E-state index < -0.39 is 29.7 Å². The molecule has 4 atom stereocenters. The molecule has 0 amide bonds. The highest BCUT2D eigenvalue weighted by atomic mass is 16.4. The van der Waals surface area contributed by atoms with Gasteiger partial charge in [0, 0.05) is 5.92 Å². The molecule has 0 aromatic heterocycles. The van der Waals surface area contributed by atoms with E-state index in [1.54, 1.807) is 0 Å². The van der Waals surface area contributed by atoms with Crippen molar-refractivity contribution in [2.75, 3.05) is 0 Å². The van der Waals surface area contributed by atoms with E-state index in [1.165, 1.54) is 6.92 Å². The molecule has 0 saturated heterocycles. The van der Waals surface area contributed by atoms with Crippen molar-refractivity contribution < 1.29 is 19.8 Å². The number of hydrogen-bond acceptors (Lipinski definition) is 2. The average Bonchev–Trinajstić information content (AvgIpc) is 2.59. The second-order valence-electron chi connectivity index (χ2n) is 6.57. The molecule has 0 aliphatic carbocycles. The highest BCUT2D eigenvalue weighted by molar-refractivity contribution is 5.80. The van der Waals surface area contributed by atoms with Gasteiger partial charge >= 0.3 is 11.9 Å². The van der Waals surface area contributed by atoms with E-state index in [1.807, 2.05) is 68.4 Å². The first kappa shape index (κ1) is 18.7. The topological polar surface area (TPSA) is 74.6 Å². The smallest absolute Gasteiger partial charge is 0.308 e. The Balaban J connectivity index is 2.59. The monoisotopic (exact) mass is 340 g/mol. The summed E-state index contributed by atoms with van der Waals surface area (Å²) in [5.74, 6) is -4.75. The summed E-state index contributed by atoms with van der Waals surface area (Å²) in [4.78, 5) is 23.6. The van der Waals surface area contributed by atoms with E-state index in [0.29, 0.717) is 0 Å². The summed E-state index contributed by atoms with van der Waals surface area (Å²) in [7, 11) is 0. The number of aliphatic carboxylic acids is 2. The average molecular weight is 340 g/mol. The van der Waals surface area contributed by atoms with Gasteiger partial charge in [-0.15, -0.1) is 0 Å². The molecule has 0 fully saturated rings. The quantitative estimate of drug-likeness (QED) is 0.788. The summed E-state index contributed by atoms with van der Waals surface area (Å²) in [6.45, 7) is 5.44. The van der Waals surface area contributed by atoms with Gasteiger partial charge in [-0.25, -0.2) is 0 Å². The van der Waals surface area contributed by atoms with E-state index >= 15 is 0 Å². The van der Waals surface area contributed by atoms with Crippen LogP contribution in [0.2, 0.25) is 0 Å². The lowest BCUT2D eigenvalue weighted by atomic mass is 9.70. The Morgan fingerprint density at radius 2 is 1.40 bits per heavy atom. The minimum atomic E-state index is -1.09. The van der Waals surface area contributed by atoms with Gasteiger partial charge in [-0.1, -0.05) is 68.4 Å². The van der Waals surface area contributed by atoms with Crippen molar-refractivity contribution in [3.63, 3.8) is 0 Å². The molecule has 0 saturated carbocycles. The summed E-state index contributed by atoms with van der Waals surface area (Å²) in [5, 5.41) is 19.3. The number of benzene rings is 2. The molecule has 0 spiro atoms. The van der Waals surface area contributed by atoms with Crippen LogP contribution in [0.3, 0.4) is 0 Å². The zero-order valence-electron chi connectivity index (χ0n) is 14.7. The van der Waals surface area contributed by atoms with Crippen molar-refractivity contribution in [3.8, 4) is 0 Å². The first-order chi connectivity index (χ1) is 11.8. The standard InChI is InChI=1S/C21H24O4/c1-13-9-7-8-12-17(13)14(2)18(16-10-5-4-6-11-16)19(21(24)25)15(3)20(22)23/h4-12,14-15,18-19H,1-3H3,(H,22,23)(H,24,25). The Morgan fingerprint density at radius 1 is 0.840 bits per heavy atom. The van der Waals surface area contributed by atoms with Crippen molar-refractivity contribution in [1.82, 2.24) is 0 Å². The minimum absolute atomic E-state index is 0.133. The number of carboxylic acids is 2. The second kappa shape index (κ2) is 7.97. The van der Waals surface area contributed by atoms with Gasteiger partial charge in [0.25, 0.3) is 0 Å². The molecule has 132 valence electrons. The molecule has 4 unspecified atom stereocenters. The Kier molecular flexibility index (Phi) is 5.97. The van der Waals surface area contributed by atoms with Gasteiger partial charge in [-0.3, -0.25) is 9.59 Å². The molecule has 2 N–H and O–H groups in total. The Bertz CT molecular complexity index is 739. The van der Waals surface area contributed by atoms with Crippen LogP contribution in [-0.2, 0) is 9.59 Å². The molecule has 4 nitrogen and oxygen atoms in total. The lowest BCUT2D eigenvalue weighted by Crippen LogP contribution is -2.35. The van der Waals surface area contributed by atoms with E-state index in [-0.39, 0.29) is 5.92 Å². The molecule has 25 heavy (non-hydrogen) atoms. The lowest BCUT2D eigenvalue weighted by molar-refractivity contribution is -0.154. The van der Waals surface area contributed by atoms with Crippen LogP contribution in [0.4, 0.5) is 0 Å². The van der Waals surface area contributed by atoms with Crippen molar-refractivity contribution in [1.29, 1.82) is 0 Å². The molecular formula is C21H24O4. The van der Waals surface area contributed by atoms with Gasteiger partial charge in [-0.2, -0.15) is 0 Å².